The van der Waals surface area contributed by atoms with Crippen LogP contribution >= 0.6 is 11.6 Å². The third-order valence-electron chi connectivity index (χ3n) is 1.96. The Hall–Kier alpha value is -1.81. The van der Waals surface area contributed by atoms with Crippen molar-refractivity contribution in [3.8, 4) is 0 Å². The maximum atomic E-state index is 13.4. The van der Waals surface area contributed by atoms with Crippen LogP contribution in [-0.2, 0) is 0 Å². The van der Waals surface area contributed by atoms with E-state index in [9.17, 15) is 9.18 Å². The number of nitrogens with two attached hydrogens (primary N) is 1. The number of carbonyl (C=O) groups is 1. The number of allylic oxidation sites excluding steroid dienone is 1. The highest BCUT2D eigenvalue weighted by atomic mass is 35.5. The predicted octanol–water partition coefficient (Wildman–Crippen LogP) is 3.25. The molecule has 0 aliphatic rings. The van der Waals surface area contributed by atoms with Crippen molar-refractivity contribution in [3.05, 3.63) is 47.4 Å². The molecule has 0 radical (unpaired) electrons. The third kappa shape index (κ3) is 2.85. The molecule has 1 amide bonds. The van der Waals surface area contributed by atoms with Gasteiger partial charge in [-0.1, -0.05) is 17.7 Å². The second kappa shape index (κ2) is 5.50. The van der Waals surface area contributed by atoms with E-state index in [2.05, 4.69) is 11.6 Å². The number of aromatic nitrogens is 1. The van der Waals surface area contributed by atoms with Crippen LogP contribution in [0.1, 0.15) is 17.4 Å². The van der Waals surface area contributed by atoms with Crippen molar-refractivity contribution in [2.24, 2.45) is 5.73 Å². The summed E-state index contributed by atoms with van der Waals surface area (Å²) in [4.78, 5) is 13.5. The van der Waals surface area contributed by atoms with Gasteiger partial charge in [0.15, 0.2) is 5.82 Å². The van der Waals surface area contributed by atoms with Crippen molar-refractivity contribution in [1.29, 1.82) is 0 Å². The van der Waals surface area contributed by atoms with E-state index in [-0.39, 0.29) is 16.1 Å². The molecule has 0 aliphatic carbocycles. The van der Waals surface area contributed by atoms with Crippen LogP contribution in [0.15, 0.2) is 30.9 Å². The number of primary amides is 1. The molecule has 0 aliphatic heterocycles. The Morgan fingerprint density at radius 3 is 2.71 bits per heavy atom. The van der Waals surface area contributed by atoms with Crippen LogP contribution in [0.4, 0.5) is 4.39 Å². The van der Waals surface area contributed by atoms with Gasteiger partial charge in [0.1, 0.15) is 5.69 Å². The van der Waals surface area contributed by atoms with Crippen molar-refractivity contribution in [3.63, 3.8) is 0 Å². The van der Waals surface area contributed by atoms with Gasteiger partial charge in [0, 0.05) is 10.9 Å². The van der Waals surface area contributed by atoms with E-state index in [0.717, 1.165) is 0 Å². The van der Waals surface area contributed by atoms with Crippen molar-refractivity contribution < 1.29 is 9.18 Å². The Bertz CT molecular complexity index is 563. The molecule has 5 heteroatoms. The van der Waals surface area contributed by atoms with Gasteiger partial charge in [0.25, 0.3) is 5.91 Å². The lowest BCUT2D eigenvalue weighted by Gasteiger charge is -1.93. The largest absolute Gasteiger partial charge is 0.364 e. The molecule has 0 saturated carbocycles. The van der Waals surface area contributed by atoms with E-state index in [1.165, 1.54) is 12.1 Å². The highest BCUT2D eigenvalue weighted by Crippen LogP contribution is 2.24. The lowest BCUT2D eigenvalue weighted by atomic mass is 10.2. The minimum Gasteiger partial charge on any atom is -0.364 e. The number of halogens is 2. The van der Waals surface area contributed by atoms with Crippen molar-refractivity contribution in [2.75, 3.05) is 0 Å². The van der Waals surface area contributed by atoms with Crippen LogP contribution in [0, 0.1) is 5.82 Å². The van der Waals surface area contributed by atoms with E-state index >= 15 is 0 Å². The van der Waals surface area contributed by atoms with Crippen molar-refractivity contribution in [2.45, 2.75) is 6.92 Å². The topological polar surface area (TPSA) is 58.9 Å². The fraction of sp³-hybridized carbons (Fsp3) is 0.0833. The Labute approximate surface area is 103 Å². The van der Waals surface area contributed by atoms with Gasteiger partial charge in [-0.25, -0.2) is 4.39 Å². The normalized spacial score (nSPS) is 9.59. The third-order valence-corrected chi connectivity index (χ3v) is 2.25. The summed E-state index contributed by atoms with van der Waals surface area (Å²) in [5.74, 6) is -1.18. The SMILES string of the molecule is C=CC.NC(=O)c1cc2c(F)c(Cl)ccc2[nH]1. The number of benzene rings is 1. The van der Waals surface area contributed by atoms with Gasteiger partial charge in [-0.15, -0.1) is 6.58 Å². The quantitative estimate of drug-likeness (QED) is 0.754. The number of carbonyl (C=O) groups excluding carboxylic acids is 1. The first kappa shape index (κ1) is 13.3. The van der Waals surface area contributed by atoms with E-state index < -0.39 is 11.7 Å². The summed E-state index contributed by atoms with van der Waals surface area (Å²) in [7, 11) is 0. The first-order chi connectivity index (χ1) is 8.01. The molecule has 0 bridgehead atoms. The lowest BCUT2D eigenvalue weighted by molar-refractivity contribution is 0.0996. The van der Waals surface area contributed by atoms with Gasteiger partial charge in [-0.05, 0) is 25.1 Å². The molecule has 0 fully saturated rings. The van der Waals surface area contributed by atoms with Crippen molar-refractivity contribution >= 4 is 28.4 Å². The molecule has 0 spiro atoms. The van der Waals surface area contributed by atoms with Crippen LogP contribution in [0.2, 0.25) is 5.02 Å². The van der Waals surface area contributed by atoms with Crippen molar-refractivity contribution in [1.82, 2.24) is 4.98 Å². The fourth-order valence-corrected chi connectivity index (χ4v) is 1.44. The Morgan fingerprint density at radius 2 is 2.18 bits per heavy atom. The highest BCUT2D eigenvalue weighted by Gasteiger charge is 2.11. The maximum Gasteiger partial charge on any atom is 0.265 e. The molecule has 2 rings (SSSR count). The molecule has 0 atom stereocenters. The molecular formula is C12H12ClFN2O. The summed E-state index contributed by atoms with van der Waals surface area (Å²) in [5.41, 5.74) is 5.71. The minimum absolute atomic E-state index is 0.0209. The number of aromatic amines is 1. The number of H-pyrrole nitrogens is 1. The maximum absolute atomic E-state index is 13.4. The summed E-state index contributed by atoms with van der Waals surface area (Å²) in [6.07, 6.45) is 1.75. The molecule has 90 valence electrons. The Morgan fingerprint density at radius 1 is 1.59 bits per heavy atom. The molecule has 1 aromatic carbocycles. The standard InChI is InChI=1S/C9H6ClFN2O.C3H6/c10-5-1-2-6-4(8(5)11)3-7(13-6)9(12)14;1-3-2/h1-3,13H,(H2,12,14);3H,1H2,2H3. The van der Waals surface area contributed by atoms with E-state index in [0.29, 0.717) is 5.52 Å². The smallest absolute Gasteiger partial charge is 0.265 e. The van der Waals surface area contributed by atoms with Gasteiger partial charge in [-0.2, -0.15) is 0 Å². The average Bonchev–Trinajstić information content (AvgIpc) is 2.69. The van der Waals surface area contributed by atoms with Crippen LogP contribution in [0.5, 0.6) is 0 Å². The average molecular weight is 255 g/mol. The van der Waals surface area contributed by atoms with Gasteiger partial charge in [0.05, 0.1) is 5.02 Å². The summed E-state index contributed by atoms with van der Waals surface area (Å²) in [6.45, 7) is 5.25. The molecular weight excluding hydrogens is 243 g/mol. The number of fused-ring (bicyclic) bond motifs is 1. The van der Waals surface area contributed by atoms with Gasteiger partial charge >= 0.3 is 0 Å². The number of nitrogens with one attached hydrogen (secondary N) is 1. The molecule has 3 N–H and O–H groups in total. The van der Waals surface area contributed by atoms with Crippen LogP contribution in [0.3, 0.4) is 0 Å². The fourth-order valence-electron chi connectivity index (χ4n) is 1.27. The summed E-state index contributed by atoms with van der Waals surface area (Å²) in [6, 6.07) is 4.35. The van der Waals surface area contributed by atoms with Crippen LogP contribution < -0.4 is 5.73 Å². The second-order valence-electron chi connectivity index (χ2n) is 3.28. The summed E-state index contributed by atoms with van der Waals surface area (Å²) in [5, 5.41) is 0.291. The summed E-state index contributed by atoms with van der Waals surface area (Å²) >= 11 is 5.57. The Balaban J connectivity index is 0.000000437. The van der Waals surface area contributed by atoms with E-state index in [1.54, 1.807) is 12.1 Å². The zero-order valence-electron chi connectivity index (χ0n) is 9.26. The van der Waals surface area contributed by atoms with Gasteiger partial charge in [-0.3, -0.25) is 4.79 Å². The monoisotopic (exact) mass is 254 g/mol. The predicted molar refractivity (Wildman–Crippen MR) is 67.7 cm³/mol. The molecule has 3 nitrogen and oxygen atoms in total. The minimum atomic E-state index is -0.628. The van der Waals surface area contributed by atoms with E-state index in [4.69, 9.17) is 17.3 Å². The number of hydrogen-bond donors (Lipinski definition) is 2. The van der Waals surface area contributed by atoms with Crippen LogP contribution in [0.25, 0.3) is 10.9 Å². The first-order valence-corrected chi connectivity index (χ1v) is 5.22. The molecule has 2 aromatic rings. The molecule has 1 heterocycles. The Kier molecular flexibility index (Phi) is 4.29. The van der Waals surface area contributed by atoms with E-state index in [1.807, 2.05) is 6.92 Å². The molecule has 1 aromatic heterocycles. The second-order valence-corrected chi connectivity index (χ2v) is 3.69. The molecule has 0 saturated heterocycles. The zero-order chi connectivity index (χ0) is 13.0. The van der Waals surface area contributed by atoms with Crippen LogP contribution in [-0.4, -0.2) is 10.9 Å². The lowest BCUT2D eigenvalue weighted by Crippen LogP contribution is -2.10. The first-order valence-electron chi connectivity index (χ1n) is 4.84. The number of rotatable bonds is 1. The zero-order valence-corrected chi connectivity index (χ0v) is 10.0. The molecule has 17 heavy (non-hydrogen) atoms. The van der Waals surface area contributed by atoms with Gasteiger partial charge in [0.2, 0.25) is 0 Å². The number of amides is 1. The number of hydrogen-bond acceptors (Lipinski definition) is 1. The highest BCUT2D eigenvalue weighted by molar-refractivity contribution is 6.31. The molecule has 0 unspecified atom stereocenters. The van der Waals surface area contributed by atoms with Gasteiger partial charge < -0.3 is 10.7 Å². The summed E-state index contributed by atoms with van der Waals surface area (Å²) < 4.78 is 13.4.